The van der Waals surface area contributed by atoms with Gasteiger partial charge in [0.2, 0.25) is 5.90 Å². The lowest BCUT2D eigenvalue weighted by Gasteiger charge is -2.13. The molecule has 174 valence electrons. The van der Waals surface area contributed by atoms with Crippen LogP contribution >= 0.6 is 23.2 Å². The first-order valence-electron chi connectivity index (χ1n) is 10.5. The monoisotopic (exact) mass is 497 g/mol. The minimum absolute atomic E-state index is 0.125. The highest BCUT2D eigenvalue weighted by molar-refractivity contribution is 6.31. The Morgan fingerprint density at radius 2 is 1.76 bits per heavy atom. The van der Waals surface area contributed by atoms with Crippen LogP contribution in [0, 0.1) is 0 Å². The van der Waals surface area contributed by atoms with Crippen molar-refractivity contribution in [1.29, 1.82) is 0 Å². The van der Waals surface area contributed by atoms with E-state index in [0.29, 0.717) is 51.6 Å². The molecule has 3 aromatic carbocycles. The molecule has 0 fully saturated rings. The molecule has 1 aliphatic rings. The lowest BCUT2D eigenvalue weighted by Crippen LogP contribution is -2.07. The number of hydrogen-bond donors (Lipinski definition) is 0. The largest absolute Gasteiger partial charge is 0.496 e. The van der Waals surface area contributed by atoms with Crippen LogP contribution in [-0.2, 0) is 16.1 Å². The van der Waals surface area contributed by atoms with Gasteiger partial charge < -0.3 is 18.9 Å². The molecule has 0 spiro atoms. The van der Waals surface area contributed by atoms with Crippen LogP contribution in [0.25, 0.3) is 6.08 Å². The third-order valence-electron chi connectivity index (χ3n) is 4.92. The number of benzene rings is 3. The van der Waals surface area contributed by atoms with Crippen molar-refractivity contribution in [2.45, 2.75) is 13.5 Å². The van der Waals surface area contributed by atoms with E-state index >= 15 is 0 Å². The normalized spacial score (nSPS) is 14.1. The van der Waals surface area contributed by atoms with Crippen molar-refractivity contribution in [1.82, 2.24) is 0 Å². The summed E-state index contributed by atoms with van der Waals surface area (Å²) in [6.45, 7) is 2.62. The number of aliphatic imine (C=N–C) groups is 1. The molecule has 6 nitrogen and oxygen atoms in total. The van der Waals surface area contributed by atoms with Crippen molar-refractivity contribution in [2.75, 3.05) is 13.7 Å². The Morgan fingerprint density at radius 1 is 0.971 bits per heavy atom. The molecule has 0 atom stereocenters. The number of carbonyl (C=O) groups excluding carboxylic acids is 1. The Labute approximate surface area is 207 Å². The number of carbonyl (C=O) groups is 1. The van der Waals surface area contributed by atoms with Crippen molar-refractivity contribution < 1.29 is 23.7 Å². The van der Waals surface area contributed by atoms with Crippen molar-refractivity contribution in [3.05, 3.63) is 93.1 Å². The van der Waals surface area contributed by atoms with E-state index < -0.39 is 5.97 Å². The average Bonchev–Trinajstić information content (AvgIpc) is 3.19. The van der Waals surface area contributed by atoms with Crippen molar-refractivity contribution in [3.8, 4) is 17.2 Å². The Kier molecular flexibility index (Phi) is 7.40. The van der Waals surface area contributed by atoms with Gasteiger partial charge in [-0.25, -0.2) is 9.79 Å². The fourth-order valence-corrected chi connectivity index (χ4v) is 3.66. The van der Waals surface area contributed by atoms with Gasteiger partial charge in [-0.05, 0) is 55.0 Å². The molecule has 0 unspecified atom stereocenters. The summed E-state index contributed by atoms with van der Waals surface area (Å²) in [5, 5.41) is 1.10. The number of ether oxygens (including phenoxy) is 4. The van der Waals surface area contributed by atoms with E-state index in [2.05, 4.69) is 4.99 Å². The molecule has 1 heterocycles. The van der Waals surface area contributed by atoms with E-state index in [-0.39, 0.29) is 11.6 Å². The quantitative estimate of drug-likeness (QED) is 0.269. The van der Waals surface area contributed by atoms with Gasteiger partial charge in [0.25, 0.3) is 0 Å². The van der Waals surface area contributed by atoms with Gasteiger partial charge in [-0.1, -0.05) is 47.5 Å². The number of rotatable bonds is 8. The number of halogens is 2. The minimum Gasteiger partial charge on any atom is -0.496 e. The van der Waals surface area contributed by atoms with Gasteiger partial charge in [-0.3, -0.25) is 0 Å². The molecular weight excluding hydrogens is 477 g/mol. The maximum absolute atomic E-state index is 12.5. The van der Waals surface area contributed by atoms with Gasteiger partial charge in [0.1, 0.15) is 12.4 Å². The molecule has 0 bridgehead atoms. The molecule has 0 N–H and O–H groups in total. The summed E-state index contributed by atoms with van der Waals surface area (Å²) in [6, 6.07) is 17.8. The predicted octanol–water partition coefficient (Wildman–Crippen LogP) is 6.32. The van der Waals surface area contributed by atoms with Gasteiger partial charge in [-0.2, -0.15) is 0 Å². The minimum atomic E-state index is -0.575. The zero-order chi connectivity index (χ0) is 24.1. The molecule has 4 rings (SSSR count). The van der Waals surface area contributed by atoms with Crippen molar-refractivity contribution >= 4 is 41.1 Å². The second-order valence-corrected chi connectivity index (χ2v) is 8.04. The number of hydrogen-bond acceptors (Lipinski definition) is 6. The first-order valence-corrected chi connectivity index (χ1v) is 11.2. The maximum Gasteiger partial charge on any atom is 0.363 e. The molecule has 8 heteroatoms. The Bertz CT molecular complexity index is 1290. The van der Waals surface area contributed by atoms with Crippen molar-refractivity contribution in [3.63, 3.8) is 0 Å². The highest BCUT2D eigenvalue weighted by Crippen LogP contribution is 2.32. The molecule has 0 saturated heterocycles. The van der Waals surface area contributed by atoms with Crippen LogP contribution in [0.1, 0.15) is 23.6 Å². The second kappa shape index (κ2) is 10.6. The molecule has 34 heavy (non-hydrogen) atoms. The van der Waals surface area contributed by atoms with E-state index in [0.717, 1.165) is 5.56 Å². The highest BCUT2D eigenvalue weighted by Gasteiger charge is 2.26. The summed E-state index contributed by atoms with van der Waals surface area (Å²) in [5.74, 6) is 1.15. The molecule has 0 aliphatic carbocycles. The lowest BCUT2D eigenvalue weighted by molar-refractivity contribution is -0.129. The van der Waals surface area contributed by atoms with Gasteiger partial charge in [0.05, 0.1) is 19.3 Å². The Balaban J connectivity index is 1.60. The van der Waals surface area contributed by atoms with Crippen LogP contribution in [0.3, 0.4) is 0 Å². The molecule has 1 aliphatic heterocycles. The number of methoxy groups -OCH3 is 1. The van der Waals surface area contributed by atoms with Crippen LogP contribution in [0.2, 0.25) is 10.0 Å². The summed E-state index contributed by atoms with van der Waals surface area (Å²) in [7, 11) is 1.52. The SMILES string of the molecule is CCOc1cc(/C=C2\N=C(c3cc(Cl)ccc3OC)OC2=O)ccc1OCc1ccccc1Cl. The standard InChI is InChI=1S/C26H21Cl2NO5/c1-3-32-24-13-16(8-10-23(24)33-15-17-6-4-5-7-20(17)28)12-21-26(30)34-25(29-21)19-14-18(27)9-11-22(19)31-2/h4-14H,3,15H2,1-2H3/b21-12-. The smallest absolute Gasteiger partial charge is 0.363 e. The molecule has 0 saturated carbocycles. The van der Waals surface area contributed by atoms with E-state index in [1.54, 1.807) is 42.5 Å². The number of cyclic esters (lactones) is 1. The summed E-state index contributed by atoms with van der Waals surface area (Å²) in [5.41, 5.74) is 2.20. The van der Waals surface area contributed by atoms with Gasteiger partial charge in [-0.15, -0.1) is 0 Å². The van der Waals surface area contributed by atoms with Crippen LogP contribution in [0.15, 0.2) is 71.4 Å². The van der Waals surface area contributed by atoms with Gasteiger partial charge >= 0.3 is 5.97 Å². The first-order chi connectivity index (χ1) is 16.5. The van der Waals surface area contributed by atoms with E-state index in [1.165, 1.54) is 7.11 Å². The third kappa shape index (κ3) is 5.35. The number of nitrogens with zero attached hydrogens (tertiary/aromatic N) is 1. The topological polar surface area (TPSA) is 66.3 Å². The van der Waals surface area contributed by atoms with E-state index in [1.807, 2.05) is 31.2 Å². The summed E-state index contributed by atoms with van der Waals surface area (Å²) < 4.78 is 22.4. The molecule has 3 aromatic rings. The highest BCUT2D eigenvalue weighted by atomic mass is 35.5. The zero-order valence-electron chi connectivity index (χ0n) is 18.5. The Morgan fingerprint density at radius 3 is 2.53 bits per heavy atom. The molecule has 0 amide bonds. The van der Waals surface area contributed by atoms with E-state index in [4.69, 9.17) is 42.1 Å². The second-order valence-electron chi connectivity index (χ2n) is 7.20. The summed E-state index contributed by atoms with van der Waals surface area (Å²) in [4.78, 5) is 16.8. The van der Waals surface area contributed by atoms with Gasteiger partial charge in [0.15, 0.2) is 17.2 Å². The average molecular weight is 498 g/mol. The molecular formula is C26H21Cl2NO5. The van der Waals surface area contributed by atoms with Crippen LogP contribution in [-0.4, -0.2) is 25.6 Å². The fourth-order valence-electron chi connectivity index (χ4n) is 3.30. The lowest BCUT2D eigenvalue weighted by atomic mass is 10.1. The summed E-state index contributed by atoms with van der Waals surface area (Å²) in [6.07, 6.45) is 1.62. The third-order valence-corrected chi connectivity index (χ3v) is 5.53. The predicted molar refractivity (Wildman–Crippen MR) is 132 cm³/mol. The molecule has 0 radical (unpaired) electrons. The summed E-state index contributed by atoms with van der Waals surface area (Å²) >= 11 is 12.3. The Hall–Kier alpha value is -3.48. The van der Waals surface area contributed by atoms with Crippen LogP contribution in [0.4, 0.5) is 0 Å². The maximum atomic E-state index is 12.5. The molecule has 0 aromatic heterocycles. The fraction of sp³-hybridized carbons (Fsp3) is 0.154. The first kappa shape index (κ1) is 23.7. The van der Waals surface area contributed by atoms with Crippen LogP contribution in [0.5, 0.6) is 17.2 Å². The van der Waals surface area contributed by atoms with Crippen molar-refractivity contribution in [2.24, 2.45) is 4.99 Å². The zero-order valence-corrected chi connectivity index (χ0v) is 20.0. The van der Waals surface area contributed by atoms with Gasteiger partial charge in [0, 0.05) is 15.6 Å². The number of esters is 1. The van der Waals surface area contributed by atoms with E-state index in [9.17, 15) is 4.79 Å². The van der Waals surface area contributed by atoms with Crippen LogP contribution < -0.4 is 14.2 Å².